The maximum Gasteiger partial charge on any atom is 0.0178 e. The molecule has 2 unspecified atom stereocenters. The van der Waals surface area contributed by atoms with E-state index < -0.39 is 0 Å². The van der Waals surface area contributed by atoms with Crippen molar-refractivity contribution in [2.24, 2.45) is 0 Å². The van der Waals surface area contributed by atoms with Crippen molar-refractivity contribution < 1.29 is 0 Å². The van der Waals surface area contributed by atoms with Crippen LogP contribution in [0.2, 0.25) is 0 Å². The number of halogens is 1. The predicted octanol–water partition coefficient (Wildman–Crippen LogP) is 2.62. The second-order valence-corrected chi connectivity index (χ2v) is 5.42. The average Bonchev–Trinajstić information content (AvgIpc) is 2.80. The second kappa shape index (κ2) is 2.83. The molecule has 0 bridgehead atoms. The van der Waals surface area contributed by atoms with Crippen LogP contribution in [0.15, 0.2) is 22.7 Å². The van der Waals surface area contributed by atoms with Crippen LogP contribution in [-0.2, 0) is 11.8 Å². The first-order valence-corrected chi connectivity index (χ1v) is 6.02. The van der Waals surface area contributed by atoms with Crippen molar-refractivity contribution >= 4 is 15.9 Å². The lowest BCUT2D eigenvalue weighted by Gasteiger charge is -2.11. The highest BCUT2D eigenvalue weighted by atomic mass is 79.9. The number of benzene rings is 1. The molecule has 2 atom stereocenters. The molecule has 3 rings (SSSR count). The Morgan fingerprint density at radius 3 is 3.07 bits per heavy atom. The monoisotopic (exact) mass is 251 g/mol. The Balaban J connectivity index is 2.06. The molecule has 1 nitrogen and oxygen atoms in total. The van der Waals surface area contributed by atoms with Crippen LogP contribution in [-0.4, -0.2) is 13.1 Å². The summed E-state index contributed by atoms with van der Waals surface area (Å²) in [5, 5.41) is 3.42. The Hall–Kier alpha value is -0.340. The molecule has 74 valence electrons. The van der Waals surface area contributed by atoms with E-state index in [0.717, 1.165) is 6.04 Å². The minimum Gasteiger partial charge on any atom is -0.316 e. The summed E-state index contributed by atoms with van der Waals surface area (Å²) in [4.78, 5) is 0. The quantitative estimate of drug-likeness (QED) is 0.810. The van der Waals surface area contributed by atoms with Crippen molar-refractivity contribution in [3.8, 4) is 0 Å². The summed E-state index contributed by atoms with van der Waals surface area (Å²) >= 11 is 3.57. The Bertz CT molecular complexity index is 388. The van der Waals surface area contributed by atoms with Gasteiger partial charge in [0.25, 0.3) is 0 Å². The summed E-state index contributed by atoms with van der Waals surface area (Å²) in [6.07, 6.45) is 3.93. The Labute approximate surface area is 93.0 Å². The van der Waals surface area contributed by atoms with E-state index in [2.05, 4.69) is 46.5 Å². The van der Waals surface area contributed by atoms with Crippen LogP contribution < -0.4 is 5.32 Å². The van der Waals surface area contributed by atoms with Gasteiger partial charge in [0, 0.05) is 15.9 Å². The van der Waals surface area contributed by atoms with Gasteiger partial charge in [-0.15, -0.1) is 0 Å². The molecule has 1 saturated carbocycles. The number of likely N-dealkylation sites (N-methyl/N-ethyl adjacent to an activating group) is 1. The number of nitrogens with one attached hydrogen (secondary N) is 1. The molecule has 2 aliphatic rings. The third-order valence-electron chi connectivity index (χ3n) is 3.87. The van der Waals surface area contributed by atoms with Crippen LogP contribution in [0.1, 0.15) is 24.0 Å². The lowest BCUT2D eigenvalue weighted by Crippen LogP contribution is -2.19. The molecule has 0 radical (unpaired) electrons. The van der Waals surface area contributed by atoms with Gasteiger partial charge in [-0.25, -0.2) is 0 Å². The first-order chi connectivity index (χ1) is 6.76. The van der Waals surface area contributed by atoms with Crippen molar-refractivity contribution in [3.63, 3.8) is 0 Å². The highest BCUT2D eigenvalue weighted by molar-refractivity contribution is 9.10. The Kier molecular flexibility index (Phi) is 1.80. The fraction of sp³-hybridized carbons (Fsp3) is 0.500. The Morgan fingerprint density at radius 2 is 2.36 bits per heavy atom. The van der Waals surface area contributed by atoms with Crippen LogP contribution in [0, 0.1) is 0 Å². The number of rotatable bonds is 1. The SMILES string of the molecule is CNC1CC12CCc1ccc(Br)cc12. The minimum atomic E-state index is 0.494. The topological polar surface area (TPSA) is 12.0 Å². The van der Waals surface area contributed by atoms with E-state index in [1.165, 1.54) is 23.7 Å². The molecular formula is C12H14BrN. The van der Waals surface area contributed by atoms with Crippen LogP contribution in [0.4, 0.5) is 0 Å². The van der Waals surface area contributed by atoms with Gasteiger partial charge in [0.05, 0.1) is 0 Å². The van der Waals surface area contributed by atoms with E-state index in [1.807, 2.05) is 0 Å². The van der Waals surface area contributed by atoms with E-state index in [9.17, 15) is 0 Å². The van der Waals surface area contributed by atoms with E-state index in [0.29, 0.717) is 5.41 Å². The van der Waals surface area contributed by atoms with Crippen LogP contribution in [0.3, 0.4) is 0 Å². The van der Waals surface area contributed by atoms with E-state index in [4.69, 9.17) is 0 Å². The van der Waals surface area contributed by atoms with Crippen molar-refractivity contribution in [2.45, 2.75) is 30.7 Å². The standard InChI is InChI=1S/C12H14BrN/c1-14-11-7-12(11)5-4-8-2-3-9(13)6-10(8)12/h2-3,6,11,14H,4-5,7H2,1H3. The maximum absolute atomic E-state index is 3.57. The number of hydrogen-bond acceptors (Lipinski definition) is 1. The lowest BCUT2D eigenvalue weighted by molar-refractivity contribution is 0.608. The van der Waals surface area contributed by atoms with E-state index in [1.54, 1.807) is 11.1 Å². The van der Waals surface area contributed by atoms with E-state index in [-0.39, 0.29) is 0 Å². The molecule has 2 aliphatic carbocycles. The molecule has 1 fully saturated rings. The van der Waals surface area contributed by atoms with Gasteiger partial charge in [-0.2, -0.15) is 0 Å². The van der Waals surface area contributed by atoms with Crippen molar-refractivity contribution in [1.29, 1.82) is 0 Å². The molecule has 0 aromatic heterocycles. The third-order valence-corrected chi connectivity index (χ3v) is 4.37. The fourth-order valence-electron chi connectivity index (χ4n) is 2.98. The molecule has 0 heterocycles. The molecule has 0 amide bonds. The lowest BCUT2D eigenvalue weighted by atomic mass is 9.97. The molecule has 2 heteroatoms. The van der Waals surface area contributed by atoms with Gasteiger partial charge >= 0.3 is 0 Å². The maximum atomic E-state index is 3.57. The normalized spacial score (nSPS) is 33.4. The largest absolute Gasteiger partial charge is 0.316 e. The molecule has 1 N–H and O–H groups in total. The second-order valence-electron chi connectivity index (χ2n) is 4.50. The predicted molar refractivity (Wildman–Crippen MR) is 61.6 cm³/mol. The van der Waals surface area contributed by atoms with Crippen LogP contribution >= 0.6 is 15.9 Å². The molecule has 14 heavy (non-hydrogen) atoms. The number of aryl methyl sites for hydroxylation is 1. The van der Waals surface area contributed by atoms with Gasteiger partial charge in [-0.05, 0) is 49.6 Å². The van der Waals surface area contributed by atoms with Gasteiger partial charge in [0.2, 0.25) is 0 Å². The highest BCUT2D eigenvalue weighted by Crippen LogP contribution is 2.56. The summed E-state index contributed by atoms with van der Waals surface area (Å²) in [5.41, 5.74) is 3.64. The number of hydrogen-bond donors (Lipinski definition) is 1. The molecule has 0 aliphatic heterocycles. The fourth-order valence-corrected chi connectivity index (χ4v) is 3.34. The summed E-state index contributed by atoms with van der Waals surface area (Å²) in [6, 6.07) is 7.48. The van der Waals surface area contributed by atoms with Crippen LogP contribution in [0.25, 0.3) is 0 Å². The first kappa shape index (κ1) is 8.93. The van der Waals surface area contributed by atoms with E-state index >= 15 is 0 Å². The zero-order chi connectivity index (χ0) is 9.76. The summed E-state index contributed by atoms with van der Waals surface area (Å²) in [7, 11) is 2.08. The minimum absolute atomic E-state index is 0.494. The zero-order valence-electron chi connectivity index (χ0n) is 8.31. The highest BCUT2D eigenvalue weighted by Gasteiger charge is 2.57. The summed E-state index contributed by atoms with van der Waals surface area (Å²) in [5.74, 6) is 0. The van der Waals surface area contributed by atoms with Gasteiger partial charge in [0.1, 0.15) is 0 Å². The summed E-state index contributed by atoms with van der Waals surface area (Å²) < 4.78 is 1.22. The molecular weight excluding hydrogens is 238 g/mol. The smallest absolute Gasteiger partial charge is 0.0178 e. The van der Waals surface area contributed by atoms with Gasteiger partial charge in [-0.3, -0.25) is 0 Å². The molecule has 1 aromatic carbocycles. The summed E-state index contributed by atoms with van der Waals surface area (Å²) in [6.45, 7) is 0. The van der Waals surface area contributed by atoms with Gasteiger partial charge < -0.3 is 5.32 Å². The van der Waals surface area contributed by atoms with Crippen molar-refractivity contribution in [3.05, 3.63) is 33.8 Å². The van der Waals surface area contributed by atoms with Crippen molar-refractivity contribution in [1.82, 2.24) is 5.32 Å². The van der Waals surface area contributed by atoms with Crippen molar-refractivity contribution in [2.75, 3.05) is 7.05 Å². The third kappa shape index (κ3) is 1.04. The molecule has 0 saturated heterocycles. The van der Waals surface area contributed by atoms with Crippen LogP contribution in [0.5, 0.6) is 0 Å². The molecule has 1 spiro atoms. The number of fused-ring (bicyclic) bond motifs is 2. The zero-order valence-corrected chi connectivity index (χ0v) is 9.89. The van der Waals surface area contributed by atoms with Gasteiger partial charge in [0.15, 0.2) is 0 Å². The van der Waals surface area contributed by atoms with Gasteiger partial charge in [-0.1, -0.05) is 22.0 Å². The average molecular weight is 252 g/mol. The molecule has 1 aromatic rings. The first-order valence-electron chi connectivity index (χ1n) is 5.22. The Morgan fingerprint density at radius 1 is 1.50 bits per heavy atom.